The van der Waals surface area contributed by atoms with Gasteiger partial charge in [-0.3, -0.25) is 9.59 Å². The number of alkyl halides is 3. The van der Waals surface area contributed by atoms with Crippen molar-refractivity contribution < 1.29 is 27.5 Å². The molecule has 0 aromatic carbocycles. The molecular formula is C17H29ClF3N3O3. The van der Waals surface area contributed by atoms with E-state index in [0.29, 0.717) is 51.9 Å². The van der Waals surface area contributed by atoms with Crippen LogP contribution < -0.4 is 5.73 Å². The lowest BCUT2D eigenvalue weighted by Gasteiger charge is -2.41. The predicted octanol–water partition coefficient (Wildman–Crippen LogP) is 1.96. The molecule has 0 radical (unpaired) electrons. The van der Waals surface area contributed by atoms with Gasteiger partial charge in [-0.2, -0.15) is 13.2 Å². The van der Waals surface area contributed by atoms with E-state index >= 15 is 0 Å². The van der Waals surface area contributed by atoms with Gasteiger partial charge in [-0.1, -0.05) is 6.92 Å². The first-order valence-electron chi connectivity index (χ1n) is 9.18. The summed E-state index contributed by atoms with van der Waals surface area (Å²) in [4.78, 5) is 27.9. The Kier molecular flexibility index (Phi) is 8.82. The Morgan fingerprint density at radius 3 is 2.48 bits per heavy atom. The molecule has 0 aromatic rings. The maximum Gasteiger partial charge on any atom is 0.406 e. The number of hydrogen-bond donors (Lipinski definition) is 1. The molecule has 2 aliphatic heterocycles. The Hall–Kier alpha value is -1.06. The average molecular weight is 416 g/mol. The van der Waals surface area contributed by atoms with Gasteiger partial charge in [0.15, 0.2) is 0 Å². The maximum atomic E-state index is 12.8. The molecule has 1 unspecified atom stereocenters. The smallest absolute Gasteiger partial charge is 0.381 e. The Balaban J connectivity index is 0.00000364. The monoisotopic (exact) mass is 415 g/mol. The van der Waals surface area contributed by atoms with Gasteiger partial charge in [0, 0.05) is 32.8 Å². The third-order valence-electron chi connectivity index (χ3n) is 5.04. The molecule has 27 heavy (non-hydrogen) atoms. The number of likely N-dealkylation sites (tertiary alicyclic amines) is 1. The Bertz CT molecular complexity index is 513. The van der Waals surface area contributed by atoms with Crippen molar-refractivity contribution in [3.05, 3.63) is 0 Å². The zero-order chi connectivity index (χ0) is 19.4. The molecule has 1 atom stereocenters. The van der Waals surface area contributed by atoms with Crippen LogP contribution >= 0.6 is 12.4 Å². The molecule has 2 rings (SSSR count). The van der Waals surface area contributed by atoms with Crippen molar-refractivity contribution in [1.82, 2.24) is 9.80 Å². The number of piperidine rings is 1. The van der Waals surface area contributed by atoms with Crippen molar-refractivity contribution in [3.63, 3.8) is 0 Å². The number of amides is 2. The summed E-state index contributed by atoms with van der Waals surface area (Å²) in [6.07, 6.45) is -2.09. The largest absolute Gasteiger partial charge is 0.406 e. The maximum absolute atomic E-state index is 12.8. The minimum absolute atomic E-state index is 0. The minimum Gasteiger partial charge on any atom is -0.381 e. The Morgan fingerprint density at radius 2 is 1.93 bits per heavy atom. The topological polar surface area (TPSA) is 75.9 Å². The lowest BCUT2D eigenvalue weighted by atomic mass is 9.87. The quantitative estimate of drug-likeness (QED) is 0.744. The number of rotatable bonds is 5. The third-order valence-corrected chi connectivity index (χ3v) is 5.04. The van der Waals surface area contributed by atoms with Gasteiger partial charge in [0.05, 0.1) is 11.5 Å². The van der Waals surface area contributed by atoms with E-state index < -0.39 is 30.1 Å². The van der Waals surface area contributed by atoms with Crippen molar-refractivity contribution in [2.45, 2.75) is 50.7 Å². The van der Waals surface area contributed by atoms with Gasteiger partial charge in [-0.05, 0) is 32.1 Å². The van der Waals surface area contributed by atoms with Gasteiger partial charge < -0.3 is 20.3 Å². The Morgan fingerprint density at radius 1 is 1.30 bits per heavy atom. The van der Waals surface area contributed by atoms with Gasteiger partial charge >= 0.3 is 6.18 Å². The molecule has 2 N–H and O–H groups in total. The molecule has 0 spiro atoms. The highest BCUT2D eigenvalue weighted by molar-refractivity contribution is 5.87. The van der Waals surface area contributed by atoms with Gasteiger partial charge in [-0.15, -0.1) is 12.4 Å². The van der Waals surface area contributed by atoms with Gasteiger partial charge in [0.25, 0.3) is 0 Å². The fourth-order valence-corrected chi connectivity index (χ4v) is 3.64. The van der Waals surface area contributed by atoms with Crippen molar-refractivity contribution in [2.24, 2.45) is 11.7 Å². The van der Waals surface area contributed by atoms with Crippen LogP contribution in [-0.2, 0) is 14.3 Å². The summed E-state index contributed by atoms with van der Waals surface area (Å²) in [5.74, 6) is -1.36. The molecule has 0 bridgehead atoms. The van der Waals surface area contributed by atoms with Gasteiger partial charge in [0.1, 0.15) is 6.54 Å². The second-order valence-electron chi connectivity index (χ2n) is 7.23. The molecule has 2 aliphatic rings. The Labute approximate surface area is 164 Å². The van der Waals surface area contributed by atoms with E-state index in [-0.39, 0.29) is 31.4 Å². The zero-order valence-corrected chi connectivity index (χ0v) is 16.4. The van der Waals surface area contributed by atoms with Crippen LogP contribution in [0.25, 0.3) is 0 Å². The van der Waals surface area contributed by atoms with Crippen LogP contribution in [-0.4, -0.2) is 72.7 Å². The number of nitrogens with two attached hydrogens (primary N) is 1. The van der Waals surface area contributed by atoms with Gasteiger partial charge in [0.2, 0.25) is 11.8 Å². The summed E-state index contributed by atoms with van der Waals surface area (Å²) in [6, 6.07) is 0. The lowest BCUT2D eigenvalue weighted by Crippen LogP contribution is -2.60. The fraction of sp³-hybridized carbons (Fsp3) is 0.882. The minimum atomic E-state index is -4.43. The van der Waals surface area contributed by atoms with Crippen LogP contribution in [0.1, 0.15) is 39.0 Å². The zero-order valence-electron chi connectivity index (χ0n) is 15.6. The van der Waals surface area contributed by atoms with Crippen molar-refractivity contribution >= 4 is 24.2 Å². The molecule has 0 saturated carbocycles. The molecule has 0 aliphatic carbocycles. The molecule has 6 nitrogen and oxygen atoms in total. The summed E-state index contributed by atoms with van der Waals surface area (Å²) >= 11 is 0. The molecule has 10 heteroatoms. The number of carbonyl (C=O) groups excluding carboxylic acids is 2. The summed E-state index contributed by atoms with van der Waals surface area (Å²) in [5, 5.41) is 0. The molecule has 158 valence electrons. The summed E-state index contributed by atoms with van der Waals surface area (Å²) < 4.78 is 43.6. The standard InChI is InChI=1S/C17H28F3N3O3.ClH/c1-2-7-23(12-17(18,19)20)14(24)13-4-3-8-22(11-13)15(25)16(21)5-9-26-10-6-16;/h13H,2-12,21H2,1H3;1H. The summed E-state index contributed by atoms with van der Waals surface area (Å²) in [7, 11) is 0. The first-order valence-corrected chi connectivity index (χ1v) is 9.18. The second kappa shape index (κ2) is 9.93. The molecule has 2 heterocycles. The lowest BCUT2D eigenvalue weighted by molar-refractivity contribution is -0.165. The van der Waals surface area contributed by atoms with Crippen molar-refractivity contribution in [2.75, 3.05) is 39.4 Å². The van der Waals surface area contributed by atoms with E-state index in [9.17, 15) is 22.8 Å². The third kappa shape index (κ3) is 6.50. The number of hydrogen-bond acceptors (Lipinski definition) is 4. The summed E-state index contributed by atoms with van der Waals surface area (Å²) in [6.45, 7) is 1.98. The van der Waals surface area contributed by atoms with Crippen molar-refractivity contribution in [1.29, 1.82) is 0 Å². The SMILES string of the molecule is CCCN(CC(F)(F)F)C(=O)C1CCCN(C(=O)C2(N)CCOCC2)C1.Cl. The first kappa shape index (κ1) is 24.0. The van der Waals surface area contributed by atoms with Crippen LogP contribution in [0, 0.1) is 5.92 Å². The van der Waals surface area contributed by atoms with Crippen LogP contribution in [0.5, 0.6) is 0 Å². The second-order valence-corrected chi connectivity index (χ2v) is 7.23. The average Bonchev–Trinajstić information content (AvgIpc) is 2.59. The molecule has 2 fully saturated rings. The van der Waals surface area contributed by atoms with Gasteiger partial charge in [-0.25, -0.2) is 0 Å². The van der Waals surface area contributed by atoms with Crippen molar-refractivity contribution in [3.8, 4) is 0 Å². The number of halogens is 4. The van der Waals surface area contributed by atoms with E-state index in [1.54, 1.807) is 11.8 Å². The number of carbonyl (C=O) groups is 2. The van der Waals surface area contributed by atoms with E-state index in [0.717, 1.165) is 4.90 Å². The fourth-order valence-electron chi connectivity index (χ4n) is 3.64. The van der Waals surface area contributed by atoms with Crippen LogP contribution in [0.2, 0.25) is 0 Å². The first-order chi connectivity index (χ1) is 12.2. The van der Waals surface area contributed by atoms with E-state index in [1.165, 1.54) is 0 Å². The van der Waals surface area contributed by atoms with Crippen LogP contribution in [0.3, 0.4) is 0 Å². The molecular weight excluding hydrogens is 387 g/mol. The molecule has 2 amide bonds. The highest BCUT2D eigenvalue weighted by Gasteiger charge is 2.42. The predicted molar refractivity (Wildman–Crippen MR) is 96.4 cm³/mol. The molecule has 0 aromatic heterocycles. The van der Waals surface area contributed by atoms with E-state index in [2.05, 4.69) is 0 Å². The highest BCUT2D eigenvalue weighted by atomic mass is 35.5. The molecule has 2 saturated heterocycles. The number of ether oxygens (including phenoxy) is 1. The van der Waals surface area contributed by atoms with Crippen LogP contribution in [0.4, 0.5) is 13.2 Å². The van der Waals surface area contributed by atoms with E-state index in [4.69, 9.17) is 10.5 Å². The highest BCUT2D eigenvalue weighted by Crippen LogP contribution is 2.26. The normalized spacial score (nSPS) is 22.7. The number of nitrogens with zero attached hydrogens (tertiary/aromatic N) is 2. The summed E-state index contributed by atoms with van der Waals surface area (Å²) in [5.41, 5.74) is 5.23. The van der Waals surface area contributed by atoms with Crippen LogP contribution in [0.15, 0.2) is 0 Å². The van der Waals surface area contributed by atoms with E-state index in [1.807, 2.05) is 0 Å².